The highest BCUT2D eigenvalue weighted by atomic mass is 16.5. The zero-order chi connectivity index (χ0) is 12.3. The fourth-order valence-electron chi connectivity index (χ4n) is 1.67. The van der Waals surface area contributed by atoms with E-state index < -0.39 is 0 Å². The molecule has 0 amide bonds. The molecule has 1 aromatic carbocycles. The Labute approximate surface area is 106 Å². The summed E-state index contributed by atoms with van der Waals surface area (Å²) in [4.78, 5) is 0. The van der Waals surface area contributed by atoms with Gasteiger partial charge in [-0.05, 0) is 30.0 Å². The lowest BCUT2D eigenvalue weighted by molar-refractivity contribution is 0.170. The molecule has 0 bridgehead atoms. The molecule has 0 aromatic heterocycles. The van der Waals surface area contributed by atoms with Crippen LogP contribution in [0, 0.1) is 18.2 Å². The van der Waals surface area contributed by atoms with Gasteiger partial charge in [0.05, 0.1) is 6.61 Å². The highest BCUT2D eigenvalue weighted by Crippen LogP contribution is 2.13. The zero-order valence-electron chi connectivity index (χ0n) is 10.9. The lowest BCUT2D eigenvalue weighted by atomic mass is 10.0. The second-order valence-corrected chi connectivity index (χ2v) is 4.32. The van der Waals surface area contributed by atoms with Crippen LogP contribution in [0.5, 0.6) is 0 Å². The minimum Gasteiger partial charge on any atom is -0.489 e. The van der Waals surface area contributed by atoms with Gasteiger partial charge in [0.25, 0.3) is 0 Å². The summed E-state index contributed by atoms with van der Waals surface area (Å²) >= 11 is 0. The molecule has 0 aliphatic carbocycles. The minimum atomic E-state index is 0.667. The largest absolute Gasteiger partial charge is 0.489 e. The van der Waals surface area contributed by atoms with Crippen LogP contribution in [0.4, 0.5) is 0 Å². The molecule has 0 fully saturated rings. The van der Waals surface area contributed by atoms with Gasteiger partial charge in [0, 0.05) is 0 Å². The van der Waals surface area contributed by atoms with Crippen molar-refractivity contribution in [3.63, 3.8) is 0 Å². The number of rotatable bonds is 8. The monoisotopic (exact) mass is 230 g/mol. The van der Waals surface area contributed by atoms with Crippen LogP contribution in [0.3, 0.4) is 0 Å². The maximum absolute atomic E-state index is 5.47. The van der Waals surface area contributed by atoms with Crippen LogP contribution in [0.2, 0.25) is 0 Å². The van der Waals surface area contributed by atoms with E-state index in [0.717, 1.165) is 12.2 Å². The van der Waals surface area contributed by atoms with Crippen LogP contribution >= 0.6 is 0 Å². The molecular weight excluding hydrogens is 208 g/mol. The van der Waals surface area contributed by atoms with Crippen molar-refractivity contribution < 1.29 is 4.74 Å². The zero-order valence-corrected chi connectivity index (χ0v) is 10.9. The number of hydrogen-bond acceptors (Lipinski definition) is 1. The lowest BCUT2D eigenvalue weighted by Gasteiger charge is -2.12. The Kier molecular flexibility index (Phi) is 7.20. The fraction of sp³-hybridized carbons (Fsp3) is 0.500. The van der Waals surface area contributed by atoms with Gasteiger partial charge in [0.2, 0.25) is 0 Å². The SMILES string of the molecule is CCCCC(CC)CO[C]=Cc1cc[c]cc1. The van der Waals surface area contributed by atoms with Gasteiger partial charge in [-0.3, -0.25) is 0 Å². The first kappa shape index (κ1) is 13.8. The average Bonchev–Trinajstić information content (AvgIpc) is 2.39. The van der Waals surface area contributed by atoms with E-state index in [1.165, 1.54) is 25.7 Å². The van der Waals surface area contributed by atoms with E-state index in [4.69, 9.17) is 4.74 Å². The molecule has 1 rings (SSSR count). The molecule has 2 radical (unpaired) electrons. The van der Waals surface area contributed by atoms with Crippen molar-refractivity contribution in [1.29, 1.82) is 0 Å². The van der Waals surface area contributed by atoms with E-state index >= 15 is 0 Å². The smallest absolute Gasteiger partial charge is 0.161 e. The first-order valence-corrected chi connectivity index (χ1v) is 6.53. The van der Waals surface area contributed by atoms with E-state index in [-0.39, 0.29) is 0 Å². The molecule has 0 saturated heterocycles. The molecule has 0 saturated carbocycles. The van der Waals surface area contributed by atoms with Gasteiger partial charge in [-0.25, -0.2) is 0 Å². The van der Waals surface area contributed by atoms with Crippen LogP contribution < -0.4 is 0 Å². The molecule has 1 nitrogen and oxygen atoms in total. The van der Waals surface area contributed by atoms with E-state index in [2.05, 4.69) is 26.2 Å². The van der Waals surface area contributed by atoms with Crippen LogP contribution in [-0.2, 0) is 4.74 Å². The number of hydrogen-bond donors (Lipinski definition) is 0. The Hall–Kier alpha value is -1.24. The van der Waals surface area contributed by atoms with E-state index in [1.54, 1.807) is 0 Å². The average molecular weight is 230 g/mol. The van der Waals surface area contributed by atoms with Crippen molar-refractivity contribution in [3.05, 3.63) is 42.2 Å². The summed E-state index contributed by atoms with van der Waals surface area (Å²) in [5.74, 6) is 0.667. The third-order valence-electron chi connectivity index (χ3n) is 2.92. The molecule has 1 aromatic rings. The van der Waals surface area contributed by atoms with Crippen molar-refractivity contribution in [2.75, 3.05) is 6.61 Å². The van der Waals surface area contributed by atoms with Crippen molar-refractivity contribution in [2.45, 2.75) is 39.5 Å². The Bertz CT molecular complexity index is 303. The Morgan fingerprint density at radius 1 is 1.35 bits per heavy atom. The normalized spacial score (nSPS) is 12.8. The molecule has 0 aliphatic rings. The maximum atomic E-state index is 5.47. The van der Waals surface area contributed by atoms with Gasteiger partial charge in [0.15, 0.2) is 6.26 Å². The first-order chi connectivity index (χ1) is 8.36. The molecule has 92 valence electrons. The number of unbranched alkanes of at least 4 members (excludes halogenated alkanes) is 1. The minimum absolute atomic E-state index is 0.667. The molecule has 17 heavy (non-hydrogen) atoms. The molecule has 0 N–H and O–H groups in total. The van der Waals surface area contributed by atoms with Gasteiger partial charge in [0.1, 0.15) is 0 Å². The van der Waals surface area contributed by atoms with Gasteiger partial charge < -0.3 is 4.74 Å². The quantitative estimate of drug-likeness (QED) is 0.598. The van der Waals surface area contributed by atoms with E-state index in [9.17, 15) is 0 Å². The summed E-state index contributed by atoms with van der Waals surface area (Å²) in [5, 5.41) is 0. The van der Waals surface area contributed by atoms with E-state index in [0.29, 0.717) is 5.92 Å². The van der Waals surface area contributed by atoms with Gasteiger partial charge >= 0.3 is 0 Å². The standard InChI is InChI=1S/C16H22O/c1-3-5-9-15(4-2)14-17-13-12-16-10-7-6-8-11-16/h7-8,10-12,15H,3-5,9,14H2,1-2H3. The maximum Gasteiger partial charge on any atom is 0.161 e. The van der Waals surface area contributed by atoms with Gasteiger partial charge in [-0.1, -0.05) is 57.4 Å². The van der Waals surface area contributed by atoms with Crippen molar-refractivity contribution in [2.24, 2.45) is 5.92 Å². The third-order valence-corrected chi connectivity index (χ3v) is 2.92. The molecule has 1 atom stereocenters. The molecule has 0 spiro atoms. The molecule has 0 aliphatic heterocycles. The summed E-state index contributed by atoms with van der Waals surface area (Å²) in [6.07, 6.45) is 9.77. The molecule has 1 unspecified atom stereocenters. The number of ether oxygens (including phenoxy) is 1. The fourth-order valence-corrected chi connectivity index (χ4v) is 1.67. The second kappa shape index (κ2) is 8.86. The lowest BCUT2D eigenvalue weighted by Crippen LogP contribution is -2.06. The third kappa shape index (κ3) is 6.15. The Morgan fingerprint density at radius 2 is 2.12 bits per heavy atom. The van der Waals surface area contributed by atoms with Crippen LogP contribution in [0.1, 0.15) is 45.1 Å². The summed E-state index contributed by atoms with van der Waals surface area (Å²) in [6.45, 7) is 5.23. The second-order valence-electron chi connectivity index (χ2n) is 4.32. The predicted octanol–water partition coefficient (Wildman–Crippen LogP) is 4.49. The summed E-state index contributed by atoms with van der Waals surface area (Å²) in [7, 11) is 0. The van der Waals surface area contributed by atoms with Crippen molar-refractivity contribution in [3.8, 4) is 0 Å². The van der Waals surface area contributed by atoms with Crippen LogP contribution in [-0.4, -0.2) is 6.61 Å². The number of benzene rings is 1. The molecule has 0 heterocycles. The van der Waals surface area contributed by atoms with Gasteiger partial charge in [-0.2, -0.15) is 0 Å². The van der Waals surface area contributed by atoms with Crippen molar-refractivity contribution in [1.82, 2.24) is 0 Å². The first-order valence-electron chi connectivity index (χ1n) is 6.53. The van der Waals surface area contributed by atoms with Crippen LogP contribution in [0.15, 0.2) is 24.3 Å². The topological polar surface area (TPSA) is 9.23 Å². The van der Waals surface area contributed by atoms with Crippen LogP contribution in [0.25, 0.3) is 6.08 Å². The Morgan fingerprint density at radius 3 is 2.76 bits per heavy atom. The van der Waals surface area contributed by atoms with E-state index in [1.807, 2.05) is 30.3 Å². The summed E-state index contributed by atoms with van der Waals surface area (Å²) < 4.78 is 5.47. The highest BCUT2D eigenvalue weighted by molar-refractivity contribution is 5.45. The van der Waals surface area contributed by atoms with Gasteiger partial charge in [-0.15, -0.1) is 0 Å². The summed E-state index contributed by atoms with van der Waals surface area (Å²) in [6, 6.07) is 10.8. The Balaban J connectivity index is 2.24. The highest BCUT2D eigenvalue weighted by Gasteiger charge is 2.04. The molecule has 1 heteroatoms. The predicted molar refractivity (Wildman–Crippen MR) is 72.2 cm³/mol. The molecular formula is C16H22O. The summed E-state index contributed by atoms with van der Waals surface area (Å²) in [5.41, 5.74) is 1.10. The van der Waals surface area contributed by atoms with Crippen molar-refractivity contribution >= 4 is 6.08 Å².